The Labute approximate surface area is 178 Å². The Hall–Kier alpha value is -3.09. The number of halogens is 3. The second kappa shape index (κ2) is 7.87. The minimum Gasteiger partial charge on any atom is -0.353 e. The van der Waals surface area contributed by atoms with E-state index in [-0.39, 0.29) is 29.5 Å². The Morgan fingerprint density at radius 3 is 2.45 bits per heavy atom. The van der Waals surface area contributed by atoms with E-state index in [1.165, 1.54) is 13.1 Å². The van der Waals surface area contributed by atoms with Gasteiger partial charge in [-0.3, -0.25) is 9.48 Å². The van der Waals surface area contributed by atoms with E-state index in [0.717, 1.165) is 25.3 Å². The summed E-state index contributed by atoms with van der Waals surface area (Å²) in [4.78, 5) is 19.5. The van der Waals surface area contributed by atoms with Crippen molar-refractivity contribution in [2.24, 2.45) is 0 Å². The molecule has 0 N–H and O–H groups in total. The number of carbonyl (C=O) groups excluding carboxylic acids is 1. The number of alkyl halides is 3. The van der Waals surface area contributed by atoms with Crippen LogP contribution in [0.4, 0.5) is 19.0 Å². The van der Waals surface area contributed by atoms with E-state index in [1.54, 1.807) is 26.7 Å². The zero-order valence-electron chi connectivity index (χ0n) is 17.4. The van der Waals surface area contributed by atoms with Crippen LogP contribution in [0.1, 0.15) is 50.3 Å². The molecule has 7 nitrogen and oxygen atoms in total. The van der Waals surface area contributed by atoms with Crippen molar-refractivity contribution in [3.05, 3.63) is 29.6 Å². The highest BCUT2D eigenvalue weighted by molar-refractivity contribution is 5.73. The van der Waals surface area contributed by atoms with E-state index in [0.29, 0.717) is 25.2 Å². The molecule has 0 bridgehead atoms. The maximum absolute atomic E-state index is 13.7. The Kier molecular flexibility index (Phi) is 5.37. The Morgan fingerprint density at radius 1 is 1.23 bits per heavy atom. The topological polar surface area (TPSA) is 78.0 Å². The van der Waals surface area contributed by atoms with E-state index in [4.69, 9.17) is 0 Å². The van der Waals surface area contributed by atoms with Crippen LogP contribution in [0.25, 0.3) is 11.3 Å². The third-order valence-electron chi connectivity index (χ3n) is 6.19. The average Bonchev–Trinajstić information content (AvgIpc) is 3.21. The van der Waals surface area contributed by atoms with Crippen molar-refractivity contribution < 1.29 is 18.0 Å². The summed E-state index contributed by atoms with van der Waals surface area (Å²) in [5.74, 6) is 0.113. The van der Waals surface area contributed by atoms with Gasteiger partial charge in [-0.2, -0.15) is 23.5 Å². The number of pyridine rings is 1. The van der Waals surface area contributed by atoms with Crippen LogP contribution in [0.2, 0.25) is 0 Å². The number of rotatable bonds is 3. The van der Waals surface area contributed by atoms with Gasteiger partial charge in [0.15, 0.2) is 0 Å². The van der Waals surface area contributed by atoms with Gasteiger partial charge in [-0.05, 0) is 32.3 Å². The molecule has 10 heteroatoms. The van der Waals surface area contributed by atoms with Crippen LogP contribution < -0.4 is 4.90 Å². The summed E-state index contributed by atoms with van der Waals surface area (Å²) in [6.45, 7) is 5.26. The summed E-state index contributed by atoms with van der Waals surface area (Å²) < 4.78 is 43.0. The minimum atomic E-state index is -4.67. The summed E-state index contributed by atoms with van der Waals surface area (Å²) in [7, 11) is 0. The van der Waals surface area contributed by atoms with Gasteiger partial charge in [-0.1, -0.05) is 0 Å². The van der Waals surface area contributed by atoms with Crippen LogP contribution in [-0.4, -0.2) is 51.2 Å². The van der Waals surface area contributed by atoms with Crippen LogP contribution in [0.5, 0.6) is 0 Å². The highest BCUT2D eigenvalue weighted by atomic mass is 19.4. The van der Waals surface area contributed by atoms with Gasteiger partial charge in [0.2, 0.25) is 5.91 Å². The second-order valence-corrected chi connectivity index (χ2v) is 8.14. The molecular weight excluding hydrogens is 409 g/mol. The van der Waals surface area contributed by atoms with Gasteiger partial charge >= 0.3 is 6.18 Å². The highest BCUT2D eigenvalue weighted by Gasteiger charge is 2.38. The SMILES string of the molecule is CC(=O)N1CCC(n2cc(-c3cc(C(F)(F)F)c(C#N)c(N4CC[C@@H]4C)n3)cn2)CC1. The molecule has 1 amide bonds. The van der Waals surface area contributed by atoms with Crippen molar-refractivity contribution in [3.63, 3.8) is 0 Å². The molecule has 2 aromatic heterocycles. The zero-order chi connectivity index (χ0) is 22.3. The number of piperidine rings is 1. The number of nitriles is 1. The van der Waals surface area contributed by atoms with E-state index in [1.807, 2.05) is 6.92 Å². The largest absolute Gasteiger partial charge is 0.417 e. The second-order valence-electron chi connectivity index (χ2n) is 8.14. The lowest BCUT2D eigenvalue weighted by Gasteiger charge is -2.40. The molecule has 0 spiro atoms. The van der Waals surface area contributed by atoms with E-state index >= 15 is 0 Å². The number of nitrogens with zero attached hydrogens (tertiary/aromatic N) is 6. The van der Waals surface area contributed by atoms with Crippen LogP contribution in [0.3, 0.4) is 0 Å². The summed E-state index contributed by atoms with van der Waals surface area (Å²) in [6, 6.07) is 2.75. The first-order valence-corrected chi connectivity index (χ1v) is 10.3. The van der Waals surface area contributed by atoms with Crippen molar-refractivity contribution in [2.75, 3.05) is 24.5 Å². The molecule has 164 valence electrons. The van der Waals surface area contributed by atoms with E-state index in [2.05, 4.69) is 10.1 Å². The van der Waals surface area contributed by atoms with E-state index < -0.39 is 17.3 Å². The molecule has 0 saturated carbocycles. The van der Waals surface area contributed by atoms with Crippen molar-refractivity contribution in [1.29, 1.82) is 5.26 Å². The molecule has 2 saturated heterocycles. The Morgan fingerprint density at radius 2 is 1.94 bits per heavy atom. The first kappa shape index (κ1) is 21.2. The van der Waals surface area contributed by atoms with Gasteiger partial charge in [0.1, 0.15) is 17.5 Å². The van der Waals surface area contributed by atoms with Gasteiger partial charge < -0.3 is 9.80 Å². The minimum absolute atomic E-state index is 0.0325. The lowest BCUT2D eigenvalue weighted by atomic mass is 10.0. The van der Waals surface area contributed by atoms with Crippen molar-refractivity contribution in [3.8, 4) is 17.3 Å². The smallest absolute Gasteiger partial charge is 0.353 e. The molecule has 31 heavy (non-hydrogen) atoms. The molecular formula is C21H23F3N6O. The lowest BCUT2D eigenvalue weighted by molar-refractivity contribution is -0.137. The normalized spacial score (nSPS) is 19.8. The zero-order valence-corrected chi connectivity index (χ0v) is 17.4. The van der Waals surface area contributed by atoms with Crippen LogP contribution in [-0.2, 0) is 11.0 Å². The third-order valence-corrected chi connectivity index (χ3v) is 6.19. The highest BCUT2D eigenvalue weighted by Crippen LogP contribution is 2.40. The molecule has 2 aliphatic heterocycles. The van der Waals surface area contributed by atoms with Gasteiger partial charge in [0.25, 0.3) is 0 Å². The van der Waals surface area contributed by atoms with Crippen LogP contribution in [0.15, 0.2) is 18.5 Å². The molecule has 4 heterocycles. The molecule has 2 aliphatic rings. The monoisotopic (exact) mass is 432 g/mol. The number of anilines is 1. The third kappa shape index (κ3) is 3.96. The molecule has 1 atom stereocenters. The standard InChI is InChI=1S/C21H23F3N6O/c1-13-3-8-29(13)20-17(10-25)18(21(22,23)24)9-19(27-20)15-11-26-30(12-15)16-4-6-28(7-5-16)14(2)31/h9,11-13,16H,3-8H2,1-2H3/t13-/m0/s1. The number of hydrogen-bond acceptors (Lipinski definition) is 5. The molecule has 0 aromatic carbocycles. The van der Waals surface area contributed by atoms with E-state index in [9.17, 15) is 23.2 Å². The lowest BCUT2D eigenvalue weighted by Crippen LogP contribution is -2.46. The summed E-state index contributed by atoms with van der Waals surface area (Å²) >= 11 is 0. The van der Waals surface area contributed by atoms with Crippen LogP contribution >= 0.6 is 0 Å². The maximum atomic E-state index is 13.7. The Bertz CT molecular complexity index is 1030. The number of carbonyl (C=O) groups is 1. The molecule has 0 unspecified atom stereocenters. The molecule has 2 aromatic rings. The molecule has 4 rings (SSSR count). The van der Waals surface area contributed by atoms with Crippen LogP contribution in [0, 0.1) is 11.3 Å². The fourth-order valence-corrected chi connectivity index (χ4v) is 4.17. The quantitative estimate of drug-likeness (QED) is 0.740. The van der Waals surface area contributed by atoms with Crippen molar-refractivity contribution in [1.82, 2.24) is 19.7 Å². The summed E-state index contributed by atoms with van der Waals surface area (Å²) in [5, 5.41) is 13.8. The van der Waals surface area contributed by atoms with Crippen molar-refractivity contribution >= 4 is 11.7 Å². The van der Waals surface area contributed by atoms with Gasteiger partial charge in [-0.15, -0.1) is 0 Å². The Balaban J connectivity index is 1.68. The first-order valence-electron chi connectivity index (χ1n) is 10.3. The number of likely N-dealkylation sites (tertiary alicyclic amines) is 1. The summed E-state index contributed by atoms with van der Waals surface area (Å²) in [6.07, 6.45) is 0.842. The fraction of sp³-hybridized carbons (Fsp3) is 0.524. The predicted octanol–water partition coefficient (Wildman–Crippen LogP) is 3.62. The van der Waals surface area contributed by atoms with Gasteiger partial charge in [-0.25, -0.2) is 4.98 Å². The first-order chi connectivity index (χ1) is 14.7. The fourth-order valence-electron chi connectivity index (χ4n) is 4.17. The molecule has 0 radical (unpaired) electrons. The number of hydrogen-bond donors (Lipinski definition) is 0. The van der Waals surface area contributed by atoms with Crippen molar-refractivity contribution in [2.45, 2.75) is 51.4 Å². The number of amides is 1. The summed E-state index contributed by atoms with van der Waals surface area (Å²) in [5.41, 5.74) is -0.797. The number of aromatic nitrogens is 3. The molecule has 2 fully saturated rings. The van der Waals surface area contributed by atoms with Gasteiger partial charge in [0.05, 0.1) is 23.5 Å². The molecule has 0 aliphatic carbocycles. The maximum Gasteiger partial charge on any atom is 0.417 e. The average molecular weight is 432 g/mol. The van der Waals surface area contributed by atoms with Gasteiger partial charge in [0, 0.05) is 44.4 Å². The predicted molar refractivity (Wildman–Crippen MR) is 107 cm³/mol.